The van der Waals surface area contributed by atoms with Crippen molar-refractivity contribution in [1.29, 1.82) is 0 Å². The highest BCUT2D eigenvalue weighted by Gasteiger charge is 2.32. The second-order valence-electron chi connectivity index (χ2n) is 6.35. The number of fused-ring (bicyclic) bond motifs is 1. The van der Waals surface area contributed by atoms with E-state index in [-0.39, 0.29) is 11.8 Å². The van der Waals surface area contributed by atoms with Gasteiger partial charge in [0.1, 0.15) is 12.4 Å². The second kappa shape index (κ2) is 6.96. The van der Waals surface area contributed by atoms with Crippen molar-refractivity contribution in [2.24, 2.45) is 0 Å². The molecular formula is C22H18N2O3. The Morgan fingerprint density at radius 2 is 1.48 bits per heavy atom. The van der Waals surface area contributed by atoms with Crippen molar-refractivity contribution in [2.75, 3.05) is 12.4 Å². The van der Waals surface area contributed by atoms with Gasteiger partial charge in [-0.1, -0.05) is 30.3 Å². The summed E-state index contributed by atoms with van der Waals surface area (Å²) in [5.74, 6) is 0.241. The molecule has 0 unspecified atom stereocenters. The molecule has 0 aromatic heterocycles. The summed E-state index contributed by atoms with van der Waals surface area (Å²) in [5.41, 5.74) is 3.60. The Labute approximate surface area is 157 Å². The minimum absolute atomic E-state index is 0.263. The predicted molar refractivity (Wildman–Crippen MR) is 103 cm³/mol. The van der Waals surface area contributed by atoms with Gasteiger partial charge < -0.3 is 10.1 Å². The molecule has 5 nitrogen and oxygen atoms in total. The van der Waals surface area contributed by atoms with Gasteiger partial charge in [-0.15, -0.1) is 0 Å². The molecule has 1 N–H and O–H groups in total. The monoisotopic (exact) mass is 358 g/mol. The van der Waals surface area contributed by atoms with E-state index in [0.717, 1.165) is 27.6 Å². The van der Waals surface area contributed by atoms with Gasteiger partial charge in [0.15, 0.2) is 0 Å². The molecule has 0 atom stereocenters. The minimum Gasteiger partial charge on any atom is -0.489 e. The van der Waals surface area contributed by atoms with E-state index in [0.29, 0.717) is 17.7 Å². The van der Waals surface area contributed by atoms with Gasteiger partial charge in [0.05, 0.1) is 11.1 Å². The van der Waals surface area contributed by atoms with Crippen molar-refractivity contribution in [3.05, 3.63) is 89.5 Å². The maximum atomic E-state index is 12.1. The Kier molecular flexibility index (Phi) is 4.34. The van der Waals surface area contributed by atoms with Crippen molar-refractivity contribution in [1.82, 2.24) is 4.90 Å². The fourth-order valence-electron chi connectivity index (χ4n) is 2.98. The number of anilines is 2. The fraction of sp³-hybridized carbons (Fsp3) is 0.0909. The van der Waals surface area contributed by atoms with Gasteiger partial charge in [-0.25, -0.2) is 0 Å². The fourth-order valence-corrected chi connectivity index (χ4v) is 2.98. The Bertz CT molecular complexity index is 998. The topological polar surface area (TPSA) is 58.6 Å². The zero-order chi connectivity index (χ0) is 18.8. The molecule has 3 aromatic rings. The molecule has 1 heterocycles. The predicted octanol–water partition coefficient (Wildman–Crippen LogP) is 4.24. The summed E-state index contributed by atoms with van der Waals surface area (Å²) in [4.78, 5) is 25.2. The Hall–Kier alpha value is -3.60. The molecular weight excluding hydrogens is 340 g/mol. The standard InChI is InChI=1S/C22H18N2O3/c1-24-21(25)19-12-9-17(13-20(19)22(24)26)23-16-7-10-18(11-8-16)27-14-15-5-3-2-4-6-15/h2-13,23H,14H2,1H3. The van der Waals surface area contributed by atoms with Crippen LogP contribution in [-0.2, 0) is 6.61 Å². The quantitative estimate of drug-likeness (QED) is 0.693. The first kappa shape index (κ1) is 16.8. The molecule has 1 aliphatic rings. The first-order valence-electron chi connectivity index (χ1n) is 8.62. The van der Waals surface area contributed by atoms with Gasteiger partial charge in [-0.2, -0.15) is 0 Å². The Morgan fingerprint density at radius 1 is 0.815 bits per heavy atom. The van der Waals surface area contributed by atoms with E-state index < -0.39 is 0 Å². The molecule has 5 heteroatoms. The molecule has 0 fully saturated rings. The molecule has 0 bridgehead atoms. The van der Waals surface area contributed by atoms with Crippen molar-refractivity contribution >= 4 is 23.2 Å². The third-order valence-electron chi connectivity index (χ3n) is 4.48. The number of ether oxygens (including phenoxy) is 1. The van der Waals surface area contributed by atoms with Gasteiger partial charge in [-0.3, -0.25) is 14.5 Å². The van der Waals surface area contributed by atoms with Crippen LogP contribution in [0.2, 0.25) is 0 Å². The molecule has 3 aromatic carbocycles. The molecule has 0 aliphatic carbocycles. The van der Waals surface area contributed by atoms with E-state index in [1.807, 2.05) is 54.6 Å². The minimum atomic E-state index is -0.275. The van der Waals surface area contributed by atoms with Crippen molar-refractivity contribution in [2.45, 2.75) is 6.61 Å². The van der Waals surface area contributed by atoms with E-state index in [9.17, 15) is 9.59 Å². The first-order chi connectivity index (χ1) is 13.1. The maximum Gasteiger partial charge on any atom is 0.261 e. The SMILES string of the molecule is CN1C(=O)c2ccc(Nc3ccc(OCc4ccccc4)cc3)cc2C1=O. The summed E-state index contributed by atoms with van der Waals surface area (Å²) < 4.78 is 5.78. The van der Waals surface area contributed by atoms with Gasteiger partial charge >= 0.3 is 0 Å². The number of nitrogens with zero attached hydrogens (tertiary/aromatic N) is 1. The van der Waals surface area contributed by atoms with Crippen LogP contribution in [0, 0.1) is 0 Å². The van der Waals surface area contributed by atoms with E-state index in [2.05, 4.69) is 5.32 Å². The molecule has 4 rings (SSSR count). The Morgan fingerprint density at radius 3 is 2.22 bits per heavy atom. The average molecular weight is 358 g/mol. The summed E-state index contributed by atoms with van der Waals surface area (Å²) in [6.45, 7) is 0.516. The van der Waals surface area contributed by atoms with Crippen LogP contribution in [0.3, 0.4) is 0 Å². The van der Waals surface area contributed by atoms with E-state index in [1.165, 1.54) is 7.05 Å². The zero-order valence-electron chi connectivity index (χ0n) is 14.8. The first-order valence-corrected chi connectivity index (χ1v) is 8.62. The van der Waals surface area contributed by atoms with Crippen molar-refractivity contribution < 1.29 is 14.3 Å². The third kappa shape index (κ3) is 3.40. The summed E-state index contributed by atoms with van der Waals surface area (Å²) in [6, 6.07) is 22.8. The third-order valence-corrected chi connectivity index (χ3v) is 4.48. The highest BCUT2D eigenvalue weighted by Crippen LogP contribution is 2.27. The lowest BCUT2D eigenvalue weighted by Crippen LogP contribution is -2.24. The van der Waals surface area contributed by atoms with Crippen LogP contribution in [0.5, 0.6) is 5.75 Å². The highest BCUT2D eigenvalue weighted by atomic mass is 16.5. The summed E-state index contributed by atoms with van der Waals surface area (Å²) in [5, 5.41) is 3.25. The number of amides is 2. The normalized spacial score (nSPS) is 12.9. The second-order valence-corrected chi connectivity index (χ2v) is 6.35. The number of nitrogens with one attached hydrogen (secondary N) is 1. The summed E-state index contributed by atoms with van der Waals surface area (Å²) in [6.07, 6.45) is 0. The lowest BCUT2D eigenvalue weighted by atomic mass is 10.1. The molecule has 0 spiro atoms. The number of imide groups is 1. The van der Waals surface area contributed by atoms with E-state index in [4.69, 9.17) is 4.74 Å². The average Bonchev–Trinajstić information content (AvgIpc) is 2.92. The maximum absolute atomic E-state index is 12.1. The molecule has 1 aliphatic heterocycles. The Balaban J connectivity index is 1.43. The molecule has 0 saturated heterocycles. The molecule has 2 amide bonds. The van der Waals surface area contributed by atoms with Crippen LogP contribution in [0.1, 0.15) is 26.3 Å². The molecule has 27 heavy (non-hydrogen) atoms. The zero-order valence-corrected chi connectivity index (χ0v) is 14.8. The van der Waals surface area contributed by atoms with Crippen LogP contribution in [0.25, 0.3) is 0 Å². The van der Waals surface area contributed by atoms with Crippen molar-refractivity contribution in [3.8, 4) is 5.75 Å². The van der Waals surface area contributed by atoms with Gasteiger partial charge in [0.2, 0.25) is 0 Å². The molecule has 134 valence electrons. The number of hydrogen-bond acceptors (Lipinski definition) is 4. The van der Waals surface area contributed by atoms with Crippen molar-refractivity contribution in [3.63, 3.8) is 0 Å². The number of carbonyl (C=O) groups is 2. The van der Waals surface area contributed by atoms with E-state index in [1.54, 1.807) is 18.2 Å². The molecule has 0 radical (unpaired) electrons. The number of rotatable bonds is 5. The summed E-state index contributed by atoms with van der Waals surface area (Å²) >= 11 is 0. The van der Waals surface area contributed by atoms with Crippen LogP contribution < -0.4 is 10.1 Å². The largest absolute Gasteiger partial charge is 0.489 e. The van der Waals surface area contributed by atoms with Gasteiger partial charge in [0, 0.05) is 18.4 Å². The van der Waals surface area contributed by atoms with Crippen LogP contribution in [0.4, 0.5) is 11.4 Å². The van der Waals surface area contributed by atoms with Crippen LogP contribution >= 0.6 is 0 Å². The van der Waals surface area contributed by atoms with Crippen LogP contribution in [0.15, 0.2) is 72.8 Å². The lowest BCUT2D eigenvalue weighted by Gasteiger charge is -2.10. The molecule has 0 saturated carbocycles. The van der Waals surface area contributed by atoms with E-state index >= 15 is 0 Å². The van der Waals surface area contributed by atoms with Gasteiger partial charge in [-0.05, 0) is 48.0 Å². The lowest BCUT2D eigenvalue weighted by molar-refractivity contribution is 0.0693. The number of carbonyl (C=O) groups excluding carboxylic acids is 2. The van der Waals surface area contributed by atoms with Crippen LogP contribution in [-0.4, -0.2) is 23.8 Å². The number of benzene rings is 3. The smallest absolute Gasteiger partial charge is 0.261 e. The highest BCUT2D eigenvalue weighted by molar-refractivity contribution is 6.21. The number of hydrogen-bond donors (Lipinski definition) is 1. The summed E-state index contributed by atoms with van der Waals surface area (Å²) in [7, 11) is 1.49. The van der Waals surface area contributed by atoms with Gasteiger partial charge in [0.25, 0.3) is 11.8 Å².